The van der Waals surface area contributed by atoms with Crippen LogP contribution in [0.3, 0.4) is 0 Å². The Bertz CT molecular complexity index is 160. The summed E-state index contributed by atoms with van der Waals surface area (Å²) in [5.41, 5.74) is 1.18. The number of ketones is 1. The van der Waals surface area contributed by atoms with E-state index < -0.39 is 0 Å². The van der Waals surface area contributed by atoms with E-state index in [1.54, 1.807) is 6.08 Å². The van der Waals surface area contributed by atoms with E-state index in [4.69, 9.17) is 0 Å². The van der Waals surface area contributed by atoms with Gasteiger partial charge in [0.05, 0.1) is 0 Å². The molecule has 1 aliphatic carbocycles. The van der Waals surface area contributed by atoms with Gasteiger partial charge in [0.1, 0.15) is 0 Å². The van der Waals surface area contributed by atoms with E-state index in [1.165, 1.54) is 5.57 Å². The second kappa shape index (κ2) is 1.95. The molecule has 0 spiro atoms. The van der Waals surface area contributed by atoms with Crippen LogP contribution < -0.4 is 0 Å². The van der Waals surface area contributed by atoms with Crippen LogP contribution in [0.25, 0.3) is 0 Å². The molecule has 0 saturated heterocycles. The summed E-state index contributed by atoms with van der Waals surface area (Å²) in [6, 6.07) is 0. The molecule has 1 nitrogen and oxygen atoms in total. The molecule has 0 amide bonds. The van der Waals surface area contributed by atoms with E-state index in [0.29, 0.717) is 6.42 Å². The number of carbonyl (C=O) groups is 1. The molecule has 0 N–H and O–H groups in total. The van der Waals surface area contributed by atoms with Crippen molar-refractivity contribution in [1.82, 2.24) is 0 Å². The third-order valence-corrected chi connectivity index (χ3v) is 1.16. The fraction of sp³-hybridized carbons (Fsp3) is 0.286. The lowest BCUT2D eigenvalue weighted by Gasteiger charge is -1.96. The molecule has 0 aromatic carbocycles. The van der Waals surface area contributed by atoms with Crippen molar-refractivity contribution in [3.8, 4) is 0 Å². The van der Waals surface area contributed by atoms with Crippen LogP contribution in [0.1, 0.15) is 13.3 Å². The van der Waals surface area contributed by atoms with Gasteiger partial charge in [-0.1, -0.05) is 17.7 Å². The minimum Gasteiger partial charge on any atom is -0.295 e. The summed E-state index contributed by atoms with van der Waals surface area (Å²) >= 11 is 0. The Labute approximate surface area is 48.7 Å². The van der Waals surface area contributed by atoms with Gasteiger partial charge in [0.25, 0.3) is 0 Å². The minimum atomic E-state index is 0.204. The highest BCUT2D eigenvalue weighted by Gasteiger charge is 1.97. The molecule has 0 fully saturated rings. The average Bonchev–Trinajstić information content (AvgIpc) is 1.77. The lowest BCUT2D eigenvalue weighted by atomic mass is 10.1. The van der Waals surface area contributed by atoms with Gasteiger partial charge in [0, 0.05) is 6.42 Å². The lowest BCUT2D eigenvalue weighted by Crippen LogP contribution is -1.93. The molecule has 0 aliphatic heterocycles. The zero-order valence-corrected chi connectivity index (χ0v) is 4.85. The molecule has 0 unspecified atom stereocenters. The molecular formula is C7H8O. The normalized spacial score (nSPS) is 18.6. The number of carbonyl (C=O) groups excluding carboxylic acids is 1. The van der Waals surface area contributed by atoms with E-state index in [1.807, 2.05) is 19.1 Å². The molecule has 0 aromatic rings. The highest BCUT2D eigenvalue weighted by atomic mass is 16.1. The van der Waals surface area contributed by atoms with Gasteiger partial charge >= 0.3 is 0 Å². The summed E-state index contributed by atoms with van der Waals surface area (Å²) in [5, 5.41) is 0. The van der Waals surface area contributed by atoms with Crippen LogP contribution in [0, 0.1) is 0 Å². The third-order valence-electron chi connectivity index (χ3n) is 1.16. The van der Waals surface area contributed by atoms with Gasteiger partial charge in [-0.05, 0) is 13.0 Å². The molecule has 42 valence electrons. The Morgan fingerprint density at radius 3 is 2.62 bits per heavy atom. The van der Waals surface area contributed by atoms with Crippen molar-refractivity contribution in [3.05, 3.63) is 23.8 Å². The molecule has 0 aromatic heterocycles. The molecular weight excluding hydrogens is 100 g/mol. The SMILES string of the molecule is CC1=CCC(=O)C=C1. The smallest absolute Gasteiger partial charge is 0.159 e. The van der Waals surface area contributed by atoms with Crippen LogP contribution >= 0.6 is 0 Å². The van der Waals surface area contributed by atoms with Crippen molar-refractivity contribution in [2.75, 3.05) is 0 Å². The highest BCUT2D eigenvalue weighted by molar-refractivity contribution is 5.92. The summed E-state index contributed by atoms with van der Waals surface area (Å²) in [4.78, 5) is 10.5. The first-order valence-corrected chi connectivity index (χ1v) is 2.67. The van der Waals surface area contributed by atoms with E-state index in [2.05, 4.69) is 0 Å². The number of hydrogen-bond acceptors (Lipinski definition) is 1. The largest absolute Gasteiger partial charge is 0.295 e. The Morgan fingerprint density at radius 2 is 2.25 bits per heavy atom. The lowest BCUT2D eigenvalue weighted by molar-refractivity contribution is -0.113. The summed E-state index contributed by atoms with van der Waals surface area (Å²) < 4.78 is 0. The topological polar surface area (TPSA) is 17.1 Å². The Morgan fingerprint density at radius 1 is 1.50 bits per heavy atom. The Kier molecular flexibility index (Phi) is 1.29. The quantitative estimate of drug-likeness (QED) is 0.459. The molecule has 0 saturated carbocycles. The number of rotatable bonds is 0. The van der Waals surface area contributed by atoms with Gasteiger partial charge in [-0.25, -0.2) is 0 Å². The summed E-state index contributed by atoms with van der Waals surface area (Å²) in [6.07, 6.45) is 5.98. The standard InChI is InChI=1S/C7H8O/c1-6-2-4-7(8)5-3-6/h2-4H,5H2,1H3. The summed E-state index contributed by atoms with van der Waals surface area (Å²) in [6.45, 7) is 1.99. The molecule has 1 aliphatic rings. The van der Waals surface area contributed by atoms with Crippen molar-refractivity contribution in [2.45, 2.75) is 13.3 Å². The highest BCUT2D eigenvalue weighted by Crippen LogP contribution is 2.04. The fourth-order valence-corrected chi connectivity index (χ4v) is 0.622. The summed E-state index contributed by atoms with van der Waals surface area (Å²) in [7, 11) is 0. The van der Waals surface area contributed by atoms with Gasteiger partial charge in [0.2, 0.25) is 0 Å². The molecule has 0 bridgehead atoms. The zero-order chi connectivity index (χ0) is 5.98. The second-order valence-electron chi connectivity index (χ2n) is 1.95. The Balaban J connectivity index is 2.71. The maximum atomic E-state index is 10.5. The molecule has 8 heavy (non-hydrogen) atoms. The molecule has 0 heterocycles. The first-order chi connectivity index (χ1) is 3.79. The van der Waals surface area contributed by atoms with Crippen LogP contribution in [0.2, 0.25) is 0 Å². The second-order valence-corrected chi connectivity index (χ2v) is 1.95. The molecule has 0 atom stereocenters. The predicted octanol–water partition coefficient (Wildman–Crippen LogP) is 1.46. The fourth-order valence-electron chi connectivity index (χ4n) is 0.622. The van der Waals surface area contributed by atoms with Crippen molar-refractivity contribution in [1.29, 1.82) is 0 Å². The third kappa shape index (κ3) is 1.06. The van der Waals surface area contributed by atoms with E-state index in [0.717, 1.165) is 0 Å². The van der Waals surface area contributed by atoms with Gasteiger partial charge in [-0.2, -0.15) is 0 Å². The van der Waals surface area contributed by atoms with Crippen LogP contribution in [-0.4, -0.2) is 5.78 Å². The molecule has 1 heteroatoms. The van der Waals surface area contributed by atoms with Crippen molar-refractivity contribution in [2.24, 2.45) is 0 Å². The van der Waals surface area contributed by atoms with E-state index in [-0.39, 0.29) is 5.78 Å². The van der Waals surface area contributed by atoms with Crippen LogP contribution in [0.4, 0.5) is 0 Å². The summed E-state index contributed by atoms with van der Waals surface area (Å²) in [5.74, 6) is 0.204. The monoisotopic (exact) mass is 108 g/mol. The van der Waals surface area contributed by atoms with Gasteiger partial charge in [-0.15, -0.1) is 0 Å². The molecule has 0 radical (unpaired) electrons. The van der Waals surface area contributed by atoms with Crippen molar-refractivity contribution < 1.29 is 4.79 Å². The Hall–Kier alpha value is -0.850. The predicted molar refractivity (Wildman–Crippen MR) is 32.5 cm³/mol. The molecule has 1 rings (SSSR count). The number of hydrogen-bond donors (Lipinski definition) is 0. The van der Waals surface area contributed by atoms with Crippen molar-refractivity contribution in [3.63, 3.8) is 0 Å². The van der Waals surface area contributed by atoms with Crippen molar-refractivity contribution >= 4 is 5.78 Å². The minimum absolute atomic E-state index is 0.204. The van der Waals surface area contributed by atoms with Crippen LogP contribution in [0.15, 0.2) is 23.8 Å². The van der Waals surface area contributed by atoms with E-state index >= 15 is 0 Å². The maximum absolute atomic E-state index is 10.5. The first-order valence-electron chi connectivity index (χ1n) is 2.67. The zero-order valence-electron chi connectivity index (χ0n) is 4.85. The number of allylic oxidation sites excluding steroid dienone is 4. The average molecular weight is 108 g/mol. The van der Waals surface area contributed by atoms with Crippen LogP contribution in [0.5, 0.6) is 0 Å². The maximum Gasteiger partial charge on any atom is 0.159 e. The van der Waals surface area contributed by atoms with Gasteiger partial charge < -0.3 is 0 Å². The first kappa shape index (κ1) is 5.29. The van der Waals surface area contributed by atoms with Gasteiger partial charge in [-0.3, -0.25) is 4.79 Å². The van der Waals surface area contributed by atoms with Gasteiger partial charge in [0.15, 0.2) is 5.78 Å². The van der Waals surface area contributed by atoms with Crippen LogP contribution in [-0.2, 0) is 4.79 Å². The van der Waals surface area contributed by atoms with E-state index in [9.17, 15) is 4.79 Å².